The number of nitrogens with zero attached hydrogens (tertiary/aromatic N) is 1. The van der Waals surface area contributed by atoms with Crippen LogP contribution in [0.25, 0.3) is 0 Å². The molecular weight excluding hydrogens is 176 g/mol. The van der Waals surface area contributed by atoms with Crippen molar-refractivity contribution in [1.29, 1.82) is 0 Å². The van der Waals surface area contributed by atoms with Gasteiger partial charge >= 0.3 is 0 Å². The van der Waals surface area contributed by atoms with Crippen LogP contribution in [0.2, 0.25) is 11.6 Å². The van der Waals surface area contributed by atoms with E-state index in [0.717, 1.165) is 25.3 Å². The minimum absolute atomic E-state index is 0.662. The van der Waals surface area contributed by atoms with Gasteiger partial charge in [0.2, 0.25) is 0 Å². The molecule has 0 amide bonds. The van der Waals surface area contributed by atoms with Crippen LogP contribution < -0.4 is 4.98 Å². The minimum atomic E-state index is -0.662. The third kappa shape index (κ3) is 5.44. The first kappa shape index (κ1) is 13.1. The van der Waals surface area contributed by atoms with E-state index in [4.69, 9.17) is 0 Å². The highest BCUT2D eigenvalue weighted by atomic mass is 28.3. The van der Waals surface area contributed by atoms with Gasteiger partial charge in [-0.1, -0.05) is 34.6 Å². The first-order chi connectivity index (χ1) is 6.15. The minimum Gasteiger partial charge on any atom is -0.327 e. The van der Waals surface area contributed by atoms with Crippen molar-refractivity contribution in [2.75, 3.05) is 19.8 Å². The van der Waals surface area contributed by atoms with Gasteiger partial charge in [0.05, 0.1) is 0 Å². The quantitative estimate of drug-likeness (QED) is 0.502. The summed E-state index contributed by atoms with van der Waals surface area (Å²) in [5.41, 5.74) is 0.876. The average molecular weight is 202 g/mol. The molecule has 0 aromatic carbocycles. The lowest BCUT2D eigenvalue weighted by Gasteiger charge is -2.24. The number of hydrogen-bond donors (Lipinski definition) is 1. The molecule has 80 valence electrons. The molecule has 2 nitrogen and oxygen atoms in total. The van der Waals surface area contributed by atoms with Gasteiger partial charge < -0.3 is 4.98 Å². The Balaban J connectivity index is 3.69. The molecule has 0 bridgehead atoms. The molecule has 1 atom stereocenters. The van der Waals surface area contributed by atoms with Crippen molar-refractivity contribution in [2.24, 2.45) is 0 Å². The van der Waals surface area contributed by atoms with Gasteiger partial charge in [0.1, 0.15) is 8.96 Å². The maximum Gasteiger partial charge on any atom is 0.112 e. The van der Waals surface area contributed by atoms with Crippen LogP contribution in [0.1, 0.15) is 34.6 Å². The molecule has 0 heterocycles. The van der Waals surface area contributed by atoms with E-state index in [-0.39, 0.29) is 0 Å². The van der Waals surface area contributed by atoms with E-state index < -0.39 is 8.96 Å². The fourth-order valence-corrected chi connectivity index (χ4v) is 3.74. The Morgan fingerprint density at radius 1 is 1.15 bits per heavy atom. The third-order valence-electron chi connectivity index (χ3n) is 2.72. The predicted octanol–water partition coefficient (Wildman–Crippen LogP) is 2.03. The molecule has 0 saturated heterocycles. The van der Waals surface area contributed by atoms with Crippen LogP contribution in [0.5, 0.6) is 0 Å². The second-order valence-corrected chi connectivity index (χ2v) is 7.70. The summed E-state index contributed by atoms with van der Waals surface area (Å²) >= 11 is 0. The van der Waals surface area contributed by atoms with Crippen molar-refractivity contribution in [3.05, 3.63) is 0 Å². The van der Waals surface area contributed by atoms with Crippen LogP contribution in [0.4, 0.5) is 0 Å². The van der Waals surface area contributed by atoms with Crippen LogP contribution in [0, 0.1) is 0 Å². The molecule has 13 heavy (non-hydrogen) atoms. The largest absolute Gasteiger partial charge is 0.327 e. The summed E-state index contributed by atoms with van der Waals surface area (Å²) in [6.45, 7) is 14.9. The van der Waals surface area contributed by atoms with Crippen molar-refractivity contribution in [2.45, 2.75) is 46.2 Å². The van der Waals surface area contributed by atoms with Gasteiger partial charge in [-0.15, -0.1) is 0 Å². The second-order valence-electron chi connectivity index (χ2n) is 3.92. The molecule has 1 N–H and O–H groups in total. The standard InChI is InChI=1S/C10H26N2Si/c1-6-12(7-2)9-11-13(8-3)10(4)5/h10-11,13H,6-9H2,1-5H3. The lowest BCUT2D eigenvalue weighted by molar-refractivity contribution is 0.299. The highest BCUT2D eigenvalue weighted by Gasteiger charge is 2.12. The summed E-state index contributed by atoms with van der Waals surface area (Å²) in [4.78, 5) is 6.18. The highest BCUT2D eigenvalue weighted by molar-refractivity contribution is 6.57. The smallest absolute Gasteiger partial charge is 0.112 e. The first-order valence-electron chi connectivity index (χ1n) is 5.61. The van der Waals surface area contributed by atoms with E-state index in [1.807, 2.05) is 0 Å². The van der Waals surface area contributed by atoms with Crippen molar-refractivity contribution in [3.63, 3.8) is 0 Å². The van der Waals surface area contributed by atoms with Gasteiger partial charge in [-0.25, -0.2) is 0 Å². The lowest BCUT2D eigenvalue weighted by atomic mass is 10.6. The normalized spacial score (nSPS) is 14.1. The van der Waals surface area contributed by atoms with E-state index in [2.05, 4.69) is 44.5 Å². The van der Waals surface area contributed by atoms with E-state index in [9.17, 15) is 0 Å². The molecule has 1 unspecified atom stereocenters. The van der Waals surface area contributed by atoms with E-state index in [1.165, 1.54) is 6.04 Å². The summed E-state index contributed by atoms with van der Waals surface area (Å²) < 4.78 is 0. The van der Waals surface area contributed by atoms with Crippen LogP contribution in [-0.2, 0) is 0 Å². The molecule has 0 rings (SSSR count). The molecule has 0 fully saturated rings. The maximum atomic E-state index is 3.74. The molecule has 0 aromatic heterocycles. The highest BCUT2D eigenvalue weighted by Crippen LogP contribution is 2.08. The third-order valence-corrected chi connectivity index (χ3v) is 5.91. The summed E-state index contributed by atoms with van der Waals surface area (Å²) in [6, 6.07) is 1.36. The second kappa shape index (κ2) is 7.53. The van der Waals surface area contributed by atoms with Crippen LogP contribution in [0.15, 0.2) is 0 Å². The fourth-order valence-electron chi connectivity index (χ4n) is 1.55. The Kier molecular flexibility index (Phi) is 7.61. The Morgan fingerprint density at radius 2 is 1.69 bits per heavy atom. The predicted molar refractivity (Wildman–Crippen MR) is 63.7 cm³/mol. The van der Waals surface area contributed by atoms with Gasteiger partial charge in [0.25, 0.3) is 0 Å². The van der Waals surface area contributed by atoms with Crippen molar-refractivity contribution >= 4 is 8.96 Å². The van der Waals surface area contributed by atoms with Crippen molar-refractivity contribution < 1.29 is 0 Å². The van der Waals surface area contributed by atoms with Gasteiger partial charge in [-0.3, -0.25) is 4.90 Å². The molecule has 0 radical (unpaired) electrons. The van der Waals surface area contributed by atoms with E-state index >= 15 is 0 Å². The van der Waals surface area contributed by atoms with Gasteiger partial charge in [-0.05, 0) is 24.7 Å². The Hall–Kier alpha value is 0.137. The molecule has 0 aliphatic heterocycles. The van der Waals surface area contributed by atoms with Gasteiger partial charge in [0.15, 0.2) is 0 Å². The summed E-state index contributed by atoms with van der Waals surface area (Å²) in [6.07, 6.45) is 0. The van der Waals surface area contributed by atoms with Crippen molar-refractivity contribution in [1.82, 2.24) is 9.88 Å². The molecule has 0 spiro atoms. The van der Waals surface area contributed by atoms with Crippen LogP contribution >= 0.6 is 0 Å². The molecular formula is C10H26N2Si. The van der Waals surface area contributed by atoms with Crippen LogP contribution in [-0.4, -0.2) is 33.6 Å². The maximum absolute atomic E-state index is 3.74. The summed E-state index contributed by atoms with van der Waals surface area (Å²) in [5, 5.41) is 0. The van der Waals surface area contributed by atoms with Crippen molar-refractivity contribution in [3.8, 4) is 0 Å². The zero-order chi connectivity index (χ0) is 10.3. The van der Waals surface area contributed by atoms with Gasteiger partial charge in [-0.2, -0.15) is 0 Å². The first-order valence-corrected chi connectivity index (χ1v) is 7.67. The Morgan fingerprint density at radius 3 is 2.00 bits per heavy atom. The summed E-state index contributed by atoms with van der Waals surface area (Å²) in [5.74, 6) is 0. The summed E-state index contributed by atoms with van der Waals surface area (Å²) in [7, 11) is -0.662. The fraction of sp³-hybridized carbons (Fsp3) is 1.00. The molecule has 0 aromatic rings. The molecule has 0 aliphatic carbocycles. The Labute approximate surface area is 85.4 Å². The topological polar surface area (TPSA) is 15.3 Å². The number of rotatable bonds is 7. The van der Waals surface area contributed by atoms with E-state index in [0.29, 0.717) is 0 Å². The lowest BCUT2D eigenvalue weighted by Crippen LogP contribution is -2.43. The number of nitrogens with one attached hydrogen (secondary N) is 1. The zero-order valence-electron chi connectivity index (χ0n) is 9.93. The SMILES string of the molecule is CCN(CC)CN[SiH](CC)C(C)C. The van der Waals surface area contributed by atoms with Gasteiger partial charge in [0, 0.05) is 6.67 Å². The average Bonchev–Trinajstić information content (AvgIpc) is 2.12. The number of hydrogen-bond acceptors (Lipinski definition) is 2. The molecule has 0 saturated carbocycles. The monoisotopic (exact) mass is 202 g/mol. The molecule has 3 heteroatoms. The molecule has 0 aliphatic rings. The van der Waals surface area contributed by atoms with Crippen LogP contribution in [0.3, 0.4) is 0 Å². The zero-order valence-corrected chi connectivity index (χ0v) is 11.1. The Bertz CT molecular complexity index is 113. The van der Waals surface area contributed by atoms with E-state index in [1.54, 1.807) is 0 Å².